The Balaban J connectivity index is 1.73. The van der Waals surface area contributed by atoms with Gasteiger partial charge in [-0.1, -0.05) is 6.42 Å². The first-order chi connectivity index (χ1) is 8.77. The van der Waals surface area contributed by atoms with E-state index in [1.807, 2.05) is 0 Å². The Labute approximate surface area is 108 Å². The Morgan fingerprint density at radius 2 is 2.22 bits per heavy atom. The Bertz CT molecular complexity index is 380. The van der Waals surface area contributed by atoms with Crippen LogP contribution in [-0.2, 0) is 0 Å². The summed E-state index contributed by atoms with van der Waals surface area (Å²) in [4.78, 5) is 18.2. The van der Waals surface area contributed by atoms with Crippen molar-refractivity contribution in [1.29, 1.82) is 0 Å². The fraction of sp³-hybridized carbons (Fsp3) is 0.571. The molecule has 1 amide bonds. The van der Waals surface area contributed by atoms with Crippen LogP contribution >= 0.6 is 0 Å². The monoisotopic (exact) mass is 247 g/mol. The minimum atomic E-state index is -0.0120. The van der Waals surface area contributed by atoms with E-state index in [4.69, 9.17) is 0 Å². The van der Waals surface area contributed by atoms with Crippen LogP contribution in [0, 0.1) is 0 Å². The smallest absolute Gasteiger partial charge is 0.251 e. The summed E-state index contributed by atoms with van der Waals surface area (Å²) in [6.07, 6.45) is 7.17. The second-order valence-corrected chi connectivity index (χ2v) is 4.87. The van der Waals surface area contributed by atoms with Crippen LogP contribution in [0.15, 0.2) is 24.5 Å². The zero-order chi connectivity index (χ0) is 12.8. The van der Waals surface area contributed by atoms with Gasteiger partial charge in [0, 0.05) is 37.1 Å². The zero-order valence-corrected chi connectivity index (χ0v) is 10.9. The Morgan fingerprint density at radius 3 is 2.94 bits per heavy atom. The lowest BCUT2D eigenvalue weighted by atomic mass is 10.0. The maximum absolute atomic E-state index is 11.8. The van der Waals surface area contributed by atoms with Gasteiger partial charge in [-0.25, -0.2) is 0 Å². The molecule has 18 heavy (non-hydrogen) atoms. The highest BCUT2D eigenvalue weighted by Gasteiger charge is 2.17. The first-order valence-corrected chi connectivity index (χ1v) is 6.69. The van der Waals surface area contributed by atoms with Gasteiger partial charge < -0.3 is 5.32 Å². The average Bonchev–Trinajstić information content (AvgIpc) is 2.42. The van der Waals surface area contributed by atoms with Crippen LogP contribution in [0.1, 0.15) is 36.5 Å². The molecule has 1 atom stereocenters. The van der Waals surface area contributed by atoms with E-state index >= 15 is 0 Å². The van der Waals surface area contributed by atoms with E-state index in [0.29, 0.717) is 18.2 Å². The van der Waals surface area contributed by atoms with Crippen molar-refractivity contribution in [1.82, 2.24) is 15.2 Å². The second-order valence-electron chi connectivity index (χ2n) is 4.87. The van der Waals surface area contributed by atoms with Gasteiger partial charge in [-0.2, -0.15) is 0 Å². The van der Waals surface area contributed by atoms with E-state index < -0.39 is 0 Å². The summed E-state index contributed by atoms with van der Waals surface area (Å²) in [7, 11) is 0. The van der Waals surface area contributed by atoms with E-state index in [2.05, 4.69) is 22.1 Å². The molecule has 0 aliphatic carbocycles. The van der Waals surface area contributed by atoms with Crippen LogP contribution < -0.4 is 5.32 Å². The molecule has 0 unspecified atom stereocenters. The summed E-state index contributed by atoms with van der Waals surface area (Å²) < 4.78 is 0. The standard InChI is InChI=1S/C14H21N3O/c1-12-4-2-3-10-17(12)11-9-16-14(18)13-5-7-15-8-6-13/h5-8,12H,2-4,9-11H2,1H3,(H,16,18)/t12-/m0/s1. The molecule has 0 saturated carbocycles. The van der Waals surface area contributed by atoms with Crippen LogP contribution in [0.25, 0.3) is 0 Å². The molecule has 1 aliphatic rings. The molecule has 1 saturated heterocycles. The van der Waals surface area contributed by atoms with Crippen molar-refractivity contribution in [3.8, 4) is 0 Å². The number of likely N-dealkylation sites (tertiary alicyclic amines) is 1. The molecule has 4 heteroatoms. The van der Waals surface area contributed by atoms with E-state index in [9.17, 15) is 4.79 Å². The van der Waals surface area contributed by atoms with Gasteiger partial charge >= 0.3 is 0 Å². The van der Waals surface area contributed by atoms with E-state index in [1.54, 1.807) is 24.5 Å². The number of aromatic nitrogens is 1. The second kappa shape index (κ2) is 6.50. The Kier molecular flexibility index (Phi) is 4.70. The van der Waals surface area contributed by atoms with E-state index in [-0.39, 0.29) is 5.91 Å². The fourth-order valence-corrected chi connectivity index (χ4v) is 2.41. The van der Waals surface area contributed by atoms with Crippen LogP contribution in [-0.4, -0.2) is 41.5 Å². The normalized spacial score (nSPS) is 20.6. The lowest BCUT2D eigenvalue weighted by molar-refractivity contribution is 0.0938. The molecule has 1 N–H and O–H groups in total. The molecule has 0 aromatic carbocycles. The van der Waals surface area contributed by atoms with Crippen molar-refractivity contribution < 1.29 is 4.79 Å². The highest BCUT2D eigenvalue weighted by atomic mass is 16.1. The lowest BCUT2D eigenvalue weighted by Crippen LogP contribution is -2.42. The van der Waals surface area contributed by atoms with Gasteiger partial charge in [-0.3, -0.25) is 14.7 Å². The largest absolute Gasteiger partial charge is 0.351 e. The van der Waals surface area contributed by atoms with E-state index in [1.165, 1.54) is 19.3 Å². The van der Waals surface area contributed by atoms with Gasteiger partial charge in [0.05, 0.1) is 0 Å². The van der Waals surface area contributed by atoms with Crippen molar-refractivity contribution in [3.05, 3.63) is 30.1 Å². The molecule has 4 nitrogen and oxygen atoms in total. The molecule has 1 aliphatic heterocycles. The third-order valence-electron chi connectivity index (χ3n) is 3.57. The summed E-state index contributed by atoms with van der Waals surface area (Å²) in [6, 6.07) is 4.12. The average molecular weight is 247 g/mol. The maximum Gasteiger partial charge on any atom is 0.251 e. The predicted octanol–water partition coefficient (Wildman–Crippen LogP) is 1.69. The molecule has 1 aromatic heterocycles. The molecule has 1 fully saturated rings. The Hall–Kier alpha value is -1.42. The molecule has 0 radical (unpaired) electrons. The van der Waals surface area contributed by atoms with Crippen molar-refractivity contribution in [2.24, 2.45) is 0 Å². The summed E-state index contributed by atoms with van der Waals surface area (Å²) in [5.41, 5.74) is 0.677. The van der Waals surface area contributed by atoms with Crippen LogP contribution in [0.3, 0.4) is 0 Å². The van der Waals surface area contributed by atoms with Gasteiger partial charge in [0.2, 0.25) is 0 Å². The molecule has 1 aromatic rings. The minimum absolute atomic E-state index is 0.0120. The van der Waals surface area contributed by atoms with Crippen molar-refractivity contribution in [2.75, 3.05) is 19.6 Å². The topological polar surface area (TPSA) is 45.2 Å². The van der Waals surface area contributed by atoms with Crippen molar-refractivity contribution >= 4 is 5.91 Å². The molecule has 98 valence electrons. The molecular formula is C14H21N3O. The molecule has 0 bridgehead atoms. The molecular weight excluding hydrogens is 226 g/mol. The lowest BCUT2D eigenvalue weighted by Gasteiger charge is -2.33. The molecule has 2 rings (SSSR count). The zero-order valence-electron chi connectivity index (χ0n) is 10.9. The van der Waals surface area contributed by atoms with Crippen LogP contribution in [0.5, 0.6) is 0 Å². The number of hydrogen-bond donors (Lipinski definition) is 1. The third-order valence-corrected chi connectivity index (χ3v) is 3.57. The van der Waals surface area contributed by atoms with Gasteiger partial charge in [0.15, 0.2) is 0 Å². The number of carbonyl (C=O) groups excluding carboxylic acids is 1. The summed E-state index contributed by atoms with van der Waals surface area (Å²) in [5, 5.41) is 2.96. The highest BCUT2D eigenvalue weighted by molar-refractivity contribution is 5.93. The summed E-state index contributed by atoms with van der Waals surface area (Å²) >= 11 is 0. The first-order valence-electron chi connectivity index (χ1n) is 6.69. The quantitative estimate of drug-likeness (QED) is 0.880. The van der Waals surface area contributed by atoms with Crippen molar-refractivity contribution in [2.45, 2.75) is 32.2 Å². The highest BCUT2D eigenvalue weighted by Crippen LogP contribution is 2.15. The molecule has 2 heterocycles. The van der Waals surface area contributed by atoms with Crippen LogP contribution in [0.4, 0.5) is 0 Å². The maximum atomic E-state index is 11.8. The first kappa shape index (κ1) is 13.0. The fourth-order valence-electron chi connectivity index (χ4n) is 2.41. The number of pyridine rings is 1. The minimum Gasteiger partial charge on any atom is -0.351 e. The van der Waals surface area contributed by atoms with E-state index in [0.717, 1.165) is 13.1 Å². The van der Waals surface area contributed by atoms with Gasteiger partial charge in [-0.15, -0.1) is 0 Å². The number of hydrogen-bond acceptors (Lipinski definition) is 3. The van der Waals surface area contributed by atoms with Crippen molar-refractivity contribution in [3.63, 3.8) is 0 Å². The number of carbonyl (C=O) groups is 1. The number of nitrogens with zero attached hydrogens (tertiary/aromatic N) is 2. The number of nitrogens with one attached hydrogen (secondary N) is 1. The van der Waals surface area contributed by atoms with Gasteiger partial charge in [0.25, 0.3) is 5.91 Å². The predicted molar refractivity (Wildman–Crippen MR) is 71.5 cm³/mol. The van der Waals surface area contributed by atoms with Gasteiger partial charge in [0.1, 0.15) is 0 Å². The number of amides is 1. The summed E-state index contributed by atoms with van der Waals surface area (Å²) in [6.45, 7) is 5.08. The van der Waals surface area contributed by atoms with Gasteiger partial charge in [-0.05, 0) is 38.4 Å². The molecule has 0 spiro atoms. The summed E-state index contributed by atoms with van der Waals surface area (Å²) in [5.74, 6) is -0.0120. The number of piperidine rings is 1. The third kappa shape index (κ3) is 3.53. The van der Waals surface area contributed by atoms with Crippen LogP contribution in [0.2, 0.25) is 0 Å². The Morgan fingerprint density at radius 1 is 1.44 bits per heavy atom. The number of rotatable bonds is 4. The SMILES string of the molecule is C[C@H]1CCCCN1CCNC(=O)c1ccncc1.